The Bertz CT molecular complexity index is 1090. The number of piperidine rings is 1. The third kappa shape index (κ3) is 5.42. The highest BCUT2D eigenvalue weighted by atomic mass is 32.2. The SMILES string of the molecule is C.CC(C)S(=O)(=O)c1ccccc1Nc1nc(NC2CCCNC2)[nH]c(=O)c1C(N)=O. The Balaban J connectivity index is 0.00000341. The number of nitrogens with two attached hydrogens (primary N) is 1. The summed E-state index contributed by atoms with van der Waals surface area (Å²) in [6.07, 6.45) is 1.87. The number of amides is 1. The maximum atomic E-state index is 12.7. The highest BCUT2D eigenvalue weighted by Crippen LogP contribution is 2.28. The number of hydrogen-bond donors (Lipinski definition) is 5. The van der Waals surface area contributed by atoms with Crippen molar-refractivity contribution in [1.29, 1.82) is 0 Å². The average molecular weight is 451 g/mol. The third-order valence-corrected chi connectivity index (χ3v) is 7.08. The highest BCUT2D eigenvalue weighted by molar-refractivity contribution is 7.92. The Kier molecular flexibility index (Phi) is 7.80. The second-order valence-corrected chi connectivity index (χ2v) is 9.88. The second kappa shape index (κ2) is 9.92. The van der Waals surface area contributed by atoms with Crippen LogP contribution in [-0.4, -0.2) is 48.7 Å². The molecule has 170 valence electrons. The van der Waals surface area contributed by atoms with Gasteiger partial charge in [-0.3, -0.25) is 14.6 Å². The molecule has 1 aromatic carbocycles. The predicted molar refractivity (Wildman–Crippen MR) is 122 cm³/mol. The number of aromatic amines is 1. The van der Waals surface area contributed by atoms with Crippen LogP contribution in [0.4, 0.5) is 17.5 Å². The molecule has 6 N–H and O–H groups in total. The van der Waals surface area contributed by atoms with Crippen LogP contribution in [0.1, 0.15) is 44.5 Å². The minimum absolute atomic E-state index is 0. The fourth-order valence-electron chi connectivity index (χ4n) is 3.23. The van der Waals surface area contributed by atoms with E-state index in [4.69, 9.17) is 5.73 Å². The standard InChI is InChI=1S/C19H26N6O4S.CH4/c1-11(2)30(28,29)14-8-4-3-7-13(14)23-17-15(16(20)26)18(27)25-19(24-17)22-12-6-5-9-21-10-12;/h3-4,7-8,11-12,21H,5-6,9-10H2,1-2H3,(H2,20,26)(H3,22,23,24,25,27);1H4. The number of benzene rings is 1. The molecule has 1 amide bonds. The van der Waals surface area contributed by atoms with Crippen molar-refractivity contribution in [3.63, 3.8) is 0 Å². The van der Waals surface area contributed by atoms with Gasteiger partial charge in [-0.2, -0.15) is 4.98 Å². The van der Waals surface area contributed by atoms with Gasteiger partial charge in [-0.25, -0.2) is 8.42 Å². The topological polar surface area (TPSA) is 159 Å². The number of aromatic nitrogens is 2. The molecule has 3 rings (SSSR count). The summed E-state index contributed by atoms with van der Waals surface area (Å²) < 4.78 is 25.4. The first-order valence-electron chi connectivity index (χ1n) is 9.71. The maximum absolute atomic E-state index is 12.7. The number of sulfone groups is 1. The predicted octanol–water partition coefficient (Wildman–Crippen LogP) is 1.59. The van der Waals surface area contributed by atoms with Crippen molar-refractivity contribution in [3.05, 3.63) is 40.2 Å². The molecule has 0 saturated carbocycles. The fourth-order valence-corrected chi connectivity index (χ4v) is 4.43. The monoisotopic (exact) mass is 450 g/mol. The van der Waals surface area contributed by atoms with E-state index in [2.05, 4.69) is 25.9 Å². The van der Waals surface area contributed by atoms with Crippen LogP contribution in [-0.2, 0) is 9.84 Å². The van der Waals surface area contributed by atoms with Crippen LogP contribution < -0.4 is 27.2 Å². The first kappa shape index (κ1) is 24.4. The van der Waals surface area contributed by atoms with Crippen molar-refractivity contribution in [3.8, 4) is 0 Å². The molecule has 0 radical (unpaired) electrons. The van der Waals surface area contributed by atoms with Crippen LogP contribution in [0.5, 0.6) is 0 Å². The van der Waals surface area contributed by atoms with Crippen LogP contribution >= 0.6 is 0 Å². The first-order chi connectivity index (χ1) is 14.2. The summed E-state index contributed by atoms with van der Waals surface area (Å²) in [4.78, 5) is 31.3. The Morgan fingerprint density at radius 1 is 1.29 bits per heavy atom. The molecule has 1 saturated heterocycles. The van der Waals surface area contributed by atoms with Gasteiger partial charge in [-0.05, 0) is 45.4 Å². The van der Waals surface area contributed by atoms with E-state index in [-0.39, 0.29) is 41.4 Å². The van der Waals surface area contributed by atoms with Gasteiger partial charge >= 0.3 is 0 Å². The van der Waals surface area contributed by atoms with E-state index in [0.717, 1.165) is 19.4 Å². The molecule has 1 aromatic heterocycles. The van der Waals surface area contributed by atoms with Crippen LogP contribution in [0.3, 0.4) is 0 Å². The number of nitrogens with one attached hydrogen (secondary N) is 4. The lowest BCUT2D eigenvalue weighted by molar-refractivity contribution is 0.0999. The van der Waals surface area contributed by atoms with E-state index in [1.165, 1.54) is 6.07 Å². The lowest BCUT2D eigenvalue weighted by Crippen LogP contribution is -2.39. The maximum Gasteiger partial charge on any atom is 0.267 e. The molecule has 1 fully saturated rings. The number of H-pyrrole nitrogens is 1. The van der Waals surface area contributed by atoms with Crippen molar-refractivity contribution in [1.82, 2.24) is 15.3 Å². The minimum Gasteiger partial charge on any atom is -0.365 e. The molecule has 0 spiro atoms. The summed E-state index contributed by atoms with van der Waals surface area (Å²) in [5, 5.41) is 8.57. The van der Waals surface area contributed by atoms with E-state index < -0.39 is 26.6 Å². The van der Waals surface area contributed by atoms with Gasteiger partial charge in [-0.1, -0.05) is 19.6 Å². The van der Waals surface area contributed by atoms with Gasteiger partial charge in [0.2, 0.25) is 5.95 Å². The molecule has 0 aliphatic carbocycles. The van der Waals surface area contributed by atoms with Crippen molar-refractivity contribution in [2.24, 2.45) is 5.73 Å². The van der Waals surface area contributed by atoms with Gasteiger partial charge in [0.1, 0.15) is 5.56 Å². The van der Waals surface area contributed by atoms with Crippen LogP contribution in [0.2, 0.25) is 0 Å². The average Bonchev–Trinajstić information content (AvgIpc) is 2.68. The molecule has 1 atom stereocenters. The van der Waals surface area contributed by atoms with E-state index in [1.54, 1.807) is 32.0 Å². The Hall–Kier alpha value is -2.92. The zero-order valence-electron chi connectivity index (χ0n) is 16.9. The Morgan fingerprint density at radius 3 is 2.61 bits per heavy atom. The van der Waals surface area contributed by atoms with Gasteiger partial charge < -0.3 is 21.7 Å². The largest absolute Gasteiger partial charge is 0.365 e. The lowest BCUT2D eigenvalue weighted by atomic mass is 10.1. The summed E-state index contributed by atoms with van der Waals surface area (Å²) in [6, 6.07) is 6.31. The number of nitrogens with zero attached hydrogens (tertiary/aromatic N) is 1. The number of para-hydroxylation sites is 1. The zero-order chi connectivity index (χ0) is 21.9. The van der Waals surface area contributed by atoms with E-state index >= 15 is 0 Å². The van der Waals surface area contributed by atoms with Gasteiger partial charge in [0.05, 0.1) is 15.8 Å². The van der Waals surface area contributed by atoms with Crippen LogP contribution in [0.25, 0.3) is 0 Å². The van der Waals surface area contributed by atoms with Crippen LogP contribution in [0.15, 0.2) is 34.0 Å². The van der Waals surface area contributed by atoms with Crippen molar-refractivity contribution >= 4 is 33.2 Å². The van der Waals surface area contributed by atoms with E-state index in [1.807, 2.05) is 0 Å². The van der Waals surface area contributed by atoms with Gasteiger partial charge in [0.15, 0.2) is 15.7 Å². The number of carbonyl (C=O) groups is 1. The Morgan fingerprint density at radius 2 is 2.00 bits per heavy atom. The molecular weight excluding hydrogens is 420 g/mol. The lowest BCUT2D eigenvalue weighted by Gasteiger charge is -2.24. The normalized spacial score (nSPS) is 16.4. The molecular formula is C20H30N6O4S. The molecule has 2 aromatic rings. The first-order valence-corrected chi connectivity index (χ1v) is 11.3. The fraction of sp³-hybridized carbons (Fsp3) is 0.450. The third-order valence-electron chi connectivity index (χ3n) is 4.87. The summed E-state index contributed by atoms with van der Waals surface area (Å²) >= 11 is 0. The number of carbonyl (C=O) groups excluding carboxylic acids is 1. The zero-order valence-corrected chi connectivity index (χ0v) is 17.7. The highest BCUT2D eigenvalue weighted by Gasteiger charge is 2.25. The summed E-state index contributed by atoms with van der Waals surface area (Å²) in [6.45, 7) is 4.79. The molecule has 1 aliphatic heterocycles. The van der Waals surface area contributed by atoms with E-state index in [9.17, 15) is 18.0 Å². The molecule has 2 heterocycles. The molecule has 11 heteroatoms. The van der Waals surface area contributed by atoms with Crippen molar-refractivity contribution in [2.75, 3.05) is 23.7 Å². The second-order valence-electron chi connectivity index (χ2n) is 7.40. The number of anilines is 3. The molecule has 0 bridgehead atoms. The molecule has 31 heavy (non-hydrogen) atoms. The smallest absolute Gasteiger partial charge is 0.267 e. The van der Waals surface area contributed by atoms with Gasteiger partial charge in [0.25, 0.3) is 11.5 Å². The van der Waals surface area contributed by atoms with Crippen LogP contribution in [0, 0.1) is 0 Å². The van der Waals surface area contributed by atoms with E-state index in [0.29, 0.717) is 6.54 Å². The number of hydrogen-bond acceptors (Lipinski definition) is 8. The van der Waals surface area contributed by atoms with Crippen molar-refractivity contribution in [2.45, 2.75) is 50.3 Å². The Labute approximate surface area is 182 Å². The van der Waals surface area contributed by atoms with Gasteiger partial charge in [-0.15, -0.1) is 0 Å². The summed E-state index contributed by atoms with van der Waals surface area (Å²) in [5.41, 5.74) is 4.51. The molecule has 10 nitrogen and oxygen atoms in total. The quantitative estimate of drug-likeness (QED) is 0.425. The molecule has 1 unspecified atom stereocenters. The van der Waals surface area contributed by atoms with Gasteiger partial charge in [0, 0.05) is 12.6 Å². The number of primary amides is 1. The minimum atomic E-state index is -3.62. The van der Waals surface area contributed by atoms with Crippen molar-refractivity contribution < 1.29 is 13.2 Å². The summed E-state index contributed by atoms with van der Waals surface area (Å²) in [5.74, 6) is -0.907. The summed E-state index contributed by atoms with van der Waals surface area (Å²) in [7, 11) is -3.62. The molecule has 1 aliphatic rings. The number of rotatable bonds is 7.